The molecule has 0 unspecified atom stereocenters. The third-order valence-electron chi connectivity index (χ3n) is 2.95. The van der Waals surface area contributed by atoms with E-state index in [1.807, 2.05) is 13.8 Å². The maximum atomic E-state index is 11.4. The largest absolute Gasteiger partial charge is 0.449 e. The molecule has 1 heterocycles. The molecule has 1 aromatic rings. The van der Waals surface area contributed by atoms with Crippen LogP contribution in [0.15, 0.2) is 12.1 Å². The van der Waals surface area contributed by atoms with Gasteiger partial charge in [-0.2, -0.15) is 0 Å². The molecule has 1 aliphatic rings. The highest BCUT2D eigenvalue weighted by molar-refractivity contribution is 6.43. The lowest BCUT2D eigenvalue weighted by atomic mass is 9.80. The van der Waals surface area contributed by atoms with Gasteiger partial charge in [0.2, 0.25) is 0 Å². The van der Waals surface area contributed by atoms with Crippen LogP contribution in [0.5, 0.6) is 0 Å². The fraction of sp³-hybridized carbons (Fsp3) is 0.417. The summed E-state index contributed by atoms with van der Waals surface area (Å²) in [6, 6.07) is 3.00. The molecule has 106 valence electrons. The van der Waals surface area contributed by atoms with Gasteiger partial charge in [-0.15, -0.1) is 12.4 Å². The maximum absolute atomic E-state index is 11.4. The molecule has 0 aromatic heterocycles. The molecule has 2 rings (SSSR count). The van der Waals surface area contributed by atoms with E-state index in [2.05, 4.69) is 5.32 Å². The molecule has 1 aliphatic heterocycles. The van der Waals surface area contributed by atoms with Gasteiger partial charge < -0.3 is 10.1 Å². The third kappa shape index (κ3) is 3.40. The van der Waals surface area contributed by atoms with Crippen molar-refractivity contribution in [3.63, 3.8) is 0 Å². The number of hydrogen-bond acceptors (Lipinski definition) is 2. The zero-order chi connectivity index (χ0) is 13.5. The Labute approximate surface area is 133 Å². The SMILES string of the molecule is CC1(C)COC(=O)N[C@H]1c1cc(Cl)cc(Cl)c1Cl.Cl. The third-order valence-corrected chi connectivity index (χ3v) is 3.99. The zero-order valence-corrected chi connectivity index (χ0v) is 13.4. The molecule has 1 aromatic carbocycles. The summed E-state index contributed by atoms with van der Waals surface area (Å²) in [6.07, 6.45) is -0.466. The molecule has 1 fully saturated rings. The summed E-state index contributed by atoms with van der Waals surface area (Å²) in [6.45, 7) is 4.26. The van der Waals surface area contributed by atoms with Gasteiger partial charge in [-0.25, -0.2) is 4.79 Å². The van der Waals surface area contributed by atoms with Crippen LogP contribution < -0.4 is 5.32 Å². The van der Waals surface area contributed by atoms with Crippen LogP contribution in [0.1, 0.15) is 25.5 Å². The summed E-state index contributed by atoms with van der Waals surface area (Å²) >= 11 is 18.2. The summed E-state index contributed by atoms with van der Waals surface area (Å²) in [7, 11) is 0. The normalized spacial score (nSPS) is 21.1. The minimum absolute atomic E-state index is 0. The second-order valence-corrected chi connectivity index (χ2v) is 6.15. The molecule has 0 aliphatic carbocycles. The Morgan fingerprint density at radius 3 is 2.58 bits per heavy atom. The van der Waals surface area contributed by atoms with Crippen molar-refractivity contribution < 1.29 is 9.53 Å². The predicted molar refractivity (Wildman–Crippen MR) is 79.7 cm³/mol. The van der Waals surface area contributed by atoms with Crippen molar-refractivity contribution in [2.24, 2.45) is 5.41 Å². The van der Waals surface area contributed by atoms with Crippen LogP contribution in [-0.2, 0) is 4.74 Å². The van der Waals surface area contributed by atoms with E-state index in [0.717, 1.165) is 0 Å². The average molecular weight is 345 g/mol. The Hall–Kier alpha value is -0.350. The maximum Gasteiger partial charge on any atom is 0.407 e. The molecule has 1 N–H and O–H groups in total. The Bertz CT molecular complexity index is 505. The second-order valence-electron chi connectivity index (χ2n) is 4.93. The molecule has 1 atom stereocenters. The van der Waals surface area contributed by atoms with E-state index in [0.29, 0.717) is 27.2 Å². The van der Waals surface area contributed by atoms with Gasteiger partial charge in [-0.3, -0.25) is 0 Å². The van der Waals surface area contributed by atoms with Crippen LogP contribution in [0.3, 0.4) is 0 Å². The molecule has 19 heavy (non-hydrogen) atoms. The highest BCUT2D eigenvalue weighted by Gasteiger charge is 2.39. The molecule has 1 amide bonds. The van der Waals surface area contributed by atoms with Crippen molar-refractivity contribution in [1.29, 1.82) is 0 Å². The number of hydrogen-bond donors (Lipinski definition) is 1. The fourth-order valence-electron chi connectivity index (χ4n) is 1.97. The highest BCUT2D eigenvalue weighted by atomic mass is 35.5. The van der Waals surface area contributed by atoms with E-state index in [1.54, 1.807) is 12.1 Å². The van der Waals surface area contributed by atoms with Crippen molar-refractivity contribution in [3.8, 4) is 0 Å². The van der Waals surface area contributed by atoms with Gasteiger partial charge >= 0.3 is 6.09 Å². The topological polar surface area (TPSA) is 38.3 Å². The molecule has 3 nitrogen and oxygen atoms in total. The molecule has 0 radical (unpaired) electrons. The Kier molecular flexibility index (Phi) is 5.24. The lowest BCUT2D eigenvalue weighted by molar-refractivity contribution is 0.0388. The lowest BCUT2D eigenvalue weighted by Gasteiger charge is -2.39. The number of carbonyl (C=O) groups excluding carboxylic acids is 1. The first kappa shape index (κ1) is 16.7. The average Bonchev–Trinajstić information content (AvgIpc) is 2.27. The predicted octanol–water partition coefficient (Wildman–Crippen LogP) is 4.88. The Morgan fingerprint density at radius 2 is 1.95 bits per heavy atom. The number of cyclic esters (lactones) is 1. The number of ether oxygens (including phenoxy) is 1. The van der Waals surface area contributed by atoms with Crippen LogP contribution in [0.25, 0.3) is 0 Å². The number of alkyl carbamates (subject to hydrolysis) is 1. The number of rotatable bonds is 1. The molecule has 1 saturated heterocycles. The number of carbonyl (C=O) groups is 1. The lowest BCUT2D eigenvalue weighted by Crippen LogP contribution is -2.47. The standard InChI is InChI=1S/C12H12Cl3NO2.ClH/c1-12(2)5-18-11(17)16-10(12)7-3-6(13)4-8(14)9(7)15;/h3-4,10H,5H2,1-2H3,(H,16,17);1H/t10-;/m0./s1. The smallest absolute Gasteiger partial charge is 0.407 e. The first-order valence-corrected chi connectivity index (χ1v) is 6.52. The van der Waals surface area contributed by atoms with Crippen LogP contribution in [-0.4, -0.2) is 12.7 Å². The van der Waals surface area contributed by atoms with E-state index in [9.17, 15) is 4.79 Å². The molecule has 0 saturated carbocycles. The summed E-state index contributed by atoms with van der Waals surface area (Å²) in [4.78, 5) is 11.4. The van der Waals surface area contributed by atoms with Crippen LogP contribution in [0, 0.1) is 5.41 Å². The summed E-state index contributed by atoms with van der Waals surface area (Å²) < 4.78 is 4.99. The summed E-state index contributed by atoms with van der Waals surface area (Å²) in [5, 5.41) is 4.01. The van der Waals surface area contributed by atoms with Gasteiger partial charge in [-0.1, -0.05) is 48.7 Å². The number of benzene rings is 1. The van der Waals surface area contributed by atoms with Crippen molar-refractivity contribution in [3.05, 3.63) is 32.8 Å². The second kappa shape index (κ2) is 5.96. The van der Waals surface area contributed by atoms with E-state index in [1.165, 1.54) is 0 Å². The van der Waals surface area contributed by atoms with Crippen molar-refractivity contribution >= 4 is 53.3 Å². The summed E-state index contributed by atoms with van der Waals surface area (Å²) in [5.74, 6) is 0. The van der Waals surface area contributed by atoms with Crippen molar-refractivity contribution in [2.75, 3.05) is 6.61 Å². The quantitative estimate of drug-likeness (QED) is 0.737. The monoisotopic (exact) mass is 343 g/mol. The number of amides is 1. The van der Waals surface area contributed by atoms with Gasteiger partial charge in [0, 0.05) is 10.4 Å². The van der Waals surface area contributed by atoms with Crippen LogP contribution in [0.4, 0.5) is 4.79 Å². The zero-order valence-electron chi connectivity index (χ0n) is 10.3. The molecule has 0 spiro atoms. The van der Waals surface area contributed by atoms with E-state index in [-0.39, 0.29) is 23.9 Å². The Morgan fingerprint density at radius 1 is 1.32 bits per heavy atom. The Balaban J connectivity index is 0.00000180. The van der Waals surface area contributed by atoms with E-state index < -0.39 is 6.09 Å². The van der Waals surface area contributed by atoms with E-state index >= 15 is 0 Å². The van der Waals surface area contributed by atoms with Gasteiger partial charge in [0.25, 0.3) is 0 Å². The highest BCUT2D eigenvalue weighted by Crippen LogP contribution is 2.42. The minimum Gasteiger partial charge on any atom is -0.449 e. The summed E-state index contributed by atoms with van der Waals surface area (Å²) in [5.41, 5.74) is 0.404. The van der Waals surface area contributed by atoms with Crippen molar-refractivity contribution in [1.82, 2.24) is 5.32 Å². The molecule has 0 bridgehead atoms. The molecule has 7 heteroatoms. The number of halogens is 4. The van der Waals surface area contributed by atoms with Gasteiger partial charge in [0.15, 0.2) is 0 Å². The van der Waals surface area contributed by atoms with Crippen LogP contribution >= 0.6 is 47.2 Å². The minimum atomic E-state index is -0.466. The first-order chi connectivity index (χ1) is 8.31. The first-order valence-electron chi connectivity index (χ1n) is 5.39. The van der Waals surface area contributed by atoms with Crippen molar-refractivity contribution in [2.45, 2.75) is 19.9 Å². The fourth-order valence-corrected chi connectivity index (χ4v) is 2.70. The molecular weight excluding hydrogens is 332 g/mol. The number of nitrogens with one attached hydrogen (secondary N) is 1. The van der Waals surface area contributed by atoms with Gasteiger partial charge in [0.1, 0.15) is 6.61 Å². The van der Waals surface area contributed by atoms with E-state index in [4.69, 9.17) is 39.5 Å². The van der Waals surface area contributed by atoms with Crippen LogP contribution in [0.2, 0.25) is 15.1 Å². The molecular formula is C12H13Cl4NO2. The van der Waals surface area contributed by atoms with Gasteiger partial charge in [0.05, 0.1) is 16.1 Å². The van der Waals surface area contributed by atoms with Gasteiger partial charge in [-0.05, 0) is 17.7 Å².